The smallest absolute Gasteiger partial charge is 0.145 e. The van der Waals surface area contributed by atoms with Gasteiger partial charge >= 0.3 is 0 Å². The van der Waals surface area contributed by atoms with Crippen LogP contribution in [-0.4, -0.2) is 16.5 Å². The first-order valence-corrected chi connectivity index (χ1v) is 7.48. The molecule has 0 atom stereocenters. The molecule has 5 nitrogen and oxygen atoms in total. The predicted octanol–water partition coefficient (Wildman–Crippen LogP) is 2.68. The van der Waals surface area contributed by atoms with Gasteiger partial charge in [-0.1, -0.05) is 30.3 Å². The number of nitrogens with two attached hydrogens (primary N) is 1. The molecule has 1 fully saturated rings. The molecule has 1 aromatic carbocycles. The minimum Gasteiger partial charge on any atom is -0.370 e. The molecule has 0 aliphatic heterocycles. The lowest BCUT2D eigenvalue weighted by atomic mass is 10.1. The van der Waals surface area contributed by atoms with Gasteiger partial charge in [-0.2, -0.15) is 0 Å². The summed E-state index contributed by atoms with van der Waals surface area (Å²) in [7, 11) is 0. The van der Waals surface area contributed by atoms with Gasteiger partial charge in [0, 0.05) is 18.5 Å². The summed E-state index contributed by atoms with van der Waals surface area (Å²) in [5.41, 5.74) is 3.98. The Morgan fingerprint density at radius 3 is 2.57 bits per heavy atom. The van der Waals surface area contributed by atoms with Crippen molar-refractivity contribution in [2.75, 3.05) is 17.3 Å². The highest BCUT2D eigenvalue weighted by atomic mass is 15.3. The summed E-state index contributed by atoms with van der Waals surface area (Å²) in [4.78, 5) is 8.97. The summed E-state index contributed by atoms with van der Waals surface area (Å²) in [5.74, 6) is 8.42. The zero-order chi connectivity index (χ0) is 14.5. The van der Waals surface area contributed by atoms with Crippen molar-refractivity contribution in [3.05, 3.63) is 47.8 Å². The van der Waals surface area contributed by atoms with Crippen LogP contribution in [-0.2, 0) is 6.42 Å². The zero-order valence-corrected chi connectivity index (χ0v) is 12.0. The van der Waals surface area contributed by atoms with Crippen molar-refractivity contribution in [3.63, 3.8) is 0 Å². The maximum Gasteiger partial charge on any atom is 0.145 e. The first kappa shape index (κ1) is 13.8. The first-order chi connectivity index (χ1) is 10.3. The second kappa shape index (κ2) is 6.54. The molecule has 1 heterocycles. The number of hydrogen-bond acceptors (Lipinski definition) is 5. The van der Waals surface area contributed by atoms with Crippen molar-refractivity contribution < 1.29 is 0 Å². The summed E-state index contributed by atoms with van der Waals surface area (Å²) in [6.45, 7) is 0.889. The van der Waals surface area contributed by atoms with Crippen LogP contribution in [0.3, 0.4) is 0 Å². The standard InChI is InChI=1S/C16H21N5/c17-21-15-11-14(19-16(20-15)13-8-9-13)18-10-4-7-12-5-2-1-3-6-12/h1-3,5-6,11,13H,4,7-10,17H2,(H2,18,19,20,21). The Bertz CT molecular complexity index is 580. The Hall–Kier alpha value is -2.14. The Morgan fingerprint density at radius 2 is 1.86 bits per heavy atom. The highest BCUT2D eigenvalue weighted by molar-refractivity contribution is 5.47. The maximum absolute atomic E-state index is 5.47. The monoisotopic (exact) mass is 283 g/mol. The topological polar surface area (TPSA) is 75.9 Å². The van der Waals surface area contributed by atoms with Crippen LogP contribution in [0, 0.1) is 0 Å². The number of nitrogen functional groups attached to an aromatic ring is 1. The van der Waals surface area contributed by atoms with Gasteiger partial charge < -0.3 is 10.7 Å². The van der Waals surface area contributed by atoms with E-state index in [1.54, 1.807) is 0 Å². The van der Waals surface area contributed by atoms with E-state index in [4.69, 9.17) is 5.84 Å². The quantitative estimate of drug-likeness (QED) is 0.414. The Morgan fingerprint density at radius 1 is 1.10 bits per heavy atom. The average Bonchev–Trinajstić information content (AvgIpc) is 3.37. The third kappa shape index (κ3) is 3.92. The molecule has 1 aliphatic rings. The molecule has 2 aromatic rings. The van der Waals surface area contributed by atoms with Gasteiger partial charge in [0.05, 0.1) is 0 Å². The van der Waals surface area contributed by atoms with Gasteiger partial charge in [0.15, 0.2) is 0 Å². The Balaban J connectivity index is 1.53. The molecule has 21 heavy (non-hydrogen) atoms. The molecule has 0 spiro atoms. The van der Waals surface area contributed by atoms with Crippen molar-refractivity contribution >= 4 is 11.6 Å². The molecule has 5 heteroatoms. The molecule has 0 saturated heterocycles. The van der Waals surface area contributed by atoms with Gasteiger partial charge in [0.2, 0.25) is 0 Å². The third-order valence-electron chi connectivity index (χ3n) is 3.62. The Kier molecular flexibility index (Phi) is 4.31. The van der Waals surface area contributed by atoms with E-state index in [-0.39, 0.29) is 0 Å². The summed E-state index contributed by atoms with van der Waals surface area (Å²) in [6.07, 6.45) is 4.50. The molecule has 1 aromatic heterocycles. The lowest BCUT2D eigenvalue weighted by molar-refractivity contribution is 0.850. The normalized spacial score (nSPS) is 14.0. The van der Waals surface area contributed by atoms with E-state index in [2.05, 4.69) is 45.0 Å². The number of hydrogen-bond donors (Lipinski definition) is 3. The van der Waals surface area contributed by atoms with Gasteiger partial charge in [-0.05, 0) is 31.2 Å². The van der Waals surface area contributed by atoms with E-state index in [9.17, 15) is 0 Å². The number of anilines is 2. The second-order valence-electron chi connectivity index (χ2n) is 5.43. The molecular weight excluding hydrogens is 262 g/mol. The van der Waals surface area contributed by atoms with Crippen molar-refractivity contribution in [2.24, 2.45) is 5.84 Å². The number of aryl methyl sites for hydroxylation is 1. The molecule has 1 saturated carbocycles. The van der Waals surface area contributed by atoms with Crippen LogP contribution in [0.1, 0.15) is 36.6 Å². The Labute approximate surface area is 125 Å². The average molecular weight is 283 g/mol. The van der Waals surface area contributed by atoms with E-state index in [0.29, 0.717) is 11.7 Å². The fourth-order valence-electron chi connectivity index (χ4n) is 2.31. The number of rotatable bonds is 7. The lowest BCUT2D eigenvalue weighted by Crippen LogP contribution is -2.12. The van der Waals surface area contributed by atoms with Gasteiger partial charge in [0.1, 0.15) is 17.5 Å². The molecular formula is C16H21N5. The summed E-state index contributed by atoms with van der Waals surface area (Å²) >= 11 is 0. The molecule has 0 unspecified atom stereocenters. The fraction of sp³-hybridized carbons (Fsp3) is 0.375. The van der Waals surface area contributed by atoms with Crippen LogP contribution in [0.4, 0.5) is 11.6 Å². The summed E-state index contributed by atoms with van der Waals surface area (Å²) < 4.78 is 0. The van der Waals surface area contributed by atoms with Gasteiger partial charge in [-0.3, -0.25) is 0 Å². The van der Waals surface area contributed by atoms with E-state index in [0.717, 1.165) is 31.0 Å². The molecule has 0 bridgehead atoms. The zero-order valence-electron chi connectivity index (χ0n) is 12.0. The molecule has 1 aliphatic carbocycles. The van der Waals surface area contributed by atoms with Crippen LogP contribution in [0.2, 0.25) is 0 Å². The van der Waals surface area contributed by atoms with Gasteiger partial charge in [0.25, 0.3) is 0 Å². The van der Waals surface area contributed by atoms with Crippen molar-refractivity contribution in [1.82, 2.24) is 9.97 Å². The van der Waals surface area contributed by atoms with Crippen LogP contribution < -0.4 is 16.6 Å². The molecule has 110 valence electrons. The maximum atomic E-state index is 5.47. The van der Waals surface area contributed by atoms with Crippen LogP contribution >= 0.6 is 0 Å². The summed E-state index contributed by atoms with van der Waals surface area (Å²) in [6, 6.07) is 12.4. The first-order valence-electron chi connectivity index (χ1n) is 7.48. The highest BCUT2D eigenvalue weighted by Gasteiger charge is 2.27. The van der Waals surface area contributed by atoms with E-state index >= 15 is 0 Å². The third-order valence-corrected chi connectivity index (χ3v) is 3.62. The number of nitrogens with zero attached hydrogens (tertiary/aromatic N) is 2. The number of hydrazine groups is 1. The number of benzene rings is 1. The van der Waals surface area contributed by atoms with E-state index < -0.39 is 0 Å². The van der Waals surface area contributed by atoms with Crippen molar-refractivity contribution in [1.29, 1.82) is 0 Å². The largest absolute Gasteiger partial charge is 0.370 e. The van der Waals surface area contributed by atoms with E-state index in [1.165, 1.54) is 18.4 Å². The molecule has 0 amide bonds. The SMILES string of the molecule is NNc1cc(NCCCc2ccccc2)nc(C2CC2)n1. The number of nitrogens with one attached hydrogen (secondary N) is 2. The molecule has 4 N–H and O–H groups in total. The lowest BCUT2D eigenvalue weighted by Gasteiger charge is -2.09. The van der Waals surface area contributed by atoms with Crippen molar-refractivity contribution in [3.8, 4) is 0 Å². The highest BCUT2D eigenvalue weighted by Crippen LogP contribution is 2.38. The van der Waals surface area contributed by atoms with Crippen LogP contribution in [0.15, 0.2) is 36.4 Å². The predicted molar refractivity (Wildman–Crippen MR) is 85.1 cm³/mol. The molecule has 0 radical (unpaired) electrons. The van der Waals surface area contributed by atoms with E-state index in [1.807, 2.05) is 12.1 Å². The molecule has 3 rings (SSSR count). The fourth-order valence-corrected chi connectivity index (χ4v) is 2.31. The number of aromatic nitrogens is 2. The van der Waals surface area contributed by atoms with Gasteiger partial charge in [-0.15, -0.1) is 0 Å². The minimum atomic E-state index is 0.517. The second-order valence-corrected chi connectivity index (χ2v) is 5.43. The van der Waals surface area contributed by atoms with Crippen molar-refractivity contribution in [2.45, 2.75) is 31.6 Å². The van der Waals surface area contributed by atoms with Crippen LogP contribution in [0.25, 0.3) is 0 Å². The minimum absolute atomic E-state index is 0.517. The van der Waals surface area contributed by atoms with Gasteiger partial charge in [-0.25, -0.2) is 15.8 Å². The van der Waals surface area contributed by atoms with Crippen LogP contribution in [0.5, 0.6) is 0 Å². The summed E-state index contributed by atoms with van der Waals surface area (Å²) in [5, 5.41) is 3.37.